The van der Waals surface area contributed by atoms with Crippen LogP contribution >= 0.6 is 0 Å². The number of aromatic nitrogens is 1. The zero-order valence-corrected chi connectivity index (χ0v) is 30.4. The Bertz CT molecular complexity index is 2030. The lowest BCUT2D eigenvalue weighted by Crippen LogP contribution is -3.00. The van der Waals surface area contributed by atoms with Gasteiger partial charge in [0.1, 0.15) is 12.6 Å². The molecule has 5 heteroatoms. The van der Waals surface area contributed by atoms with Gasteiger partial charge in [-0.05, 0) is 102 Å². The monoisotopic (exact) mass is 726 g/mol. The van der Waals surface area contributed by atoms with Gasteiger partial charge in [0.05, 0.1) is 24.0 Å². The summed E-state index contributed by atoms with van der Waals surface area (Å²) < 4.78 is 8.14. The van der Waals surface area contributed by atoms with E-state index in [-0.39, 0.29) is 40.5 Å². The normalized spacial score (nSPS) is 33.0. The smallest absolute Gasteiger partial charge is 0.312 e. The molecule has 1 unspecified atom stereocenters. The van der Waals surface area contributed by atoms with E-state index in [0.717, 1.165) is 66.3 Å². The Balaban J connectivity index is 0.00000336. The van der Waals surface area contributed by atoms with Gasteiger partial charge in [-0.25, -0.2) is 0 Å². The number of para-hydroxylation sites is 1. The molecule has 0 radical (unpaired) electrons. The fraction of sp³-hybridized carbons (Fsp3) is 0.422. The lowest BCUT2D eigenvalue weighted by Gasteiger charge is -2.59. The number of ether oxygens (including phenoxy) is 1. The molecule has 7 aliphatic rings. The number of fused-ring (bicyclic) bond motifs is 6. The van der Waals surface area contributed by atoms with Crippen molar-refractivity contribution in [1.29, 1.82) is 0 Å². The summed E-state index contributed by atoms with van der Waals surface area (Å²) >= 11 is 0. The first-order valence-corrected chi connectivity index (χ1v) is 18.9. The SMILES string of the molecule is C=C[C@H]1C[N+]2(Cc3c4ccccc4cc4ccccc34)CC[C@H]1C[C@@H]2[C@@H](OC(=O)C12CC3CC(CC(C3)C1)C2)c1ccnc2ccccc12.[Br-]. The molecule has 0 N–H and O–H groups in total. The van der Waals surface area contributed by atoms with Crippen molar-refractivity contribution in [3.8, 4) is 0 Å². The minimum Gasteiger partial charge on any atom is -1.00 e. The maximum Gasteiger partial charge on any atom is 0.312 e. The summed E-state index contributed by atoms with van der Waals surface area (Å²) in [5.74, 6) is 3.19. The molecule has 4 aliphatic carbocycles. The molecule has 12 rings (SSSR count). The van der Waals surface area contributed by atoms with E-state index in [4.69, 9.17) is 9.72 Å². The van der Waals surface area contributed by atoms with E-state index in [1.54, 1.807) is 0 Å². The summed E-state index contributed by atoms with van der Waals surface area (Å²) in [6.45, 7) is 7.40. The number of benzene rings is 4. The fourth-order valence-electron chi connectivity index (χ4n) is 12.3. The molecule has 5 atom stereocenters. The molecule has 4 nitrogen and oxygen atoms in total. The molecule has 0 spiro atoms. The number of rotatable bonds is 7. The number of carbonyl (C=O) groups excluding carboxylic acids is 1. The van der Waals surface area contributed by atoms with Crippen LogP contribution in [0.2, 0.25) is 0 Å². The second-order valence-corrected chi connectivity index (χ2v) is 16.8. The highest BCUT2D eigenvalue weighted by Crippen LogP contribution is 2.61. The van der Waals surface area contributed by atoms with Crippen molar-refractivity contribution in [2.75, 3.05) is 13.1 Å². The van der Waals surface area contributed by atoms with Gasteiger partial charge >= 0.3 is 5.97 Å². The molecule has 3 aliphatic heterocycles. The summed E-state index contributed by atoms with van der Waals surface area (Å²) in [6.07, 6.45) is 13.1. The summed E-state index contributed by atoms with van der Waals surface area (Å²) in [6, 6.07) is 31.0. The van der Waals surface area contributed by atoms with Gasteiger partial charge in [0.15, 0.2) is 6.10 Å². The molecule has 3 saturated heterocycles. The van der Waals surface area contributed by atoms with Crippen LogP contribution in [0.5, 0.6) is 0 Å². The van der Waals surface area contributed by atoms with Crippen LogP contribution in [-0.4, -0.2) is 34.6 Å². The van der Waals surface area contributed by atoms with Crippen LogP contribution in [0.15, 0.2) is 104 Å². The predicted octanol–water partition coefficient (Wildman–Crippen LogP) is 6.96. The highest BCUT2D eigenvalue weighted by atomic mass is 79.9. The number of pyridine rings is 1. The van der Waals surface area contributed by atoms with Crippen LogP contribution in [0, 0.1) is 35.0 Å². The highest BCUT2D eigenvalue weighted by Gasteiger charge is 2.59. The second kappa shape index (κ2) is 12.3. The lowest BCUT2D eigenvalue weighted by molar-refractivity contribution is -0.984. The van der Waals surface area contributed by atoms with Crippen molar-refractivity contribution < 1.29 is 31.0 Å². The zero-order valence-electron chi connectivity index (χ0n) is 28.9. The molecule has 4 saturated carbocycles. The first-order chi connectivity index (χ1) is 24.0. The summed E-state index contributed by atoms with van der Waals surface area (Å²) in [7, 11) is 0. The quantitative estimate of drug-likeness (QED) is 0.0789. The van der Waals surface area contributed by atoms with Crippen molar-refractivity contribution in [2.24, 2.45) is 35.0 Å². The highest BCUT2D eigenvalue weighted by molar-refractivity contribution is 6.02. The van der Waals surface area contributed by atoms with Crippen molar-refractivity contribution in [3.05, 3.63) is 115 Å². The second-order valence-electron chi connectivity index (χ2n) is 16.8. The number of esters is 1. The largest absolute Gasteiger partial charge is 1.00 e. The van der Waals surface area contributed by atoms with Gasteiger partial charge in [-0.2, -0.15) is 0 Å². The molecule has 1 aromatic heterocycles. The third-order valence-electron chi connectivity index (χ3n) is 14.1. The number of carbonyl (C=O) groups is 1. The molecular formula is C45H47BrN2O2. The minimum atomic E-state index is -0.330. The van der Waals surface area contributed by atoms with Crippen molar-refractivity contribution in [3.63, 3.8) is 0 Å². The molecule has 256 valence electrons. The standard InChI is InChI=1S/C45H47N2O2.BrH/c1-2-32-27-47(28-40-36-11-5-3-9-34(36)22-35-10-4-6-12-37(35)40)18-16-33(32)23-42(47)43(39-15-17-46-41-14-8-7-13-38(39)41)49-44(48)45-24-29-19-30(25-45)21-31(20-29)26-45;/h2-15,17,22,29-33,42-43H,1,16,18-21,23-28H2;1H/q+1;/p-1/t29?,30?,31?,32-,33-,42+,43-,45?,47?;/m0./s1. The molecule has 50 heavy (non-hydrogen) atoms. The third-order valence-corrected chi connectivity index (χ3v) is 14.1. The van der Waals surface area contributed by atoms with Gasteiger partial charge in [-0.15, -0.1) is 6.58 Å². The van der Waals surface area contributed by atoms with Crippen LogP contribution in [0.4, 0.5) is 0 Å². The van der Waals surface area contributed by atoms with Crippen LogP contribution in [0.25, 0.3) is 32.4 Å². The van der Waals surface area contributed by atoms with Gasteiger partial charge in [-0.1, -0.05) is 72.8 Å². The number of nitrogens with zero attached hydrogens (tertiary/aromatic N) is 2. The Morgan fingerprint density at radius 2 is 1.48 bits per heavy atom. The van der Waals surface area contributed by atoms with Gasteiger partial charge in [-0.3, -0.25) is 9.78 Å². The molecule has 0 amide bonds. The van der Waals surface area contributed by atoms with E-state index in [9.17, 15) is 4.79 Å². The van der Waals surface area contributed by atoms with E-state index in [0.29, 0.717) is 29.6 Å². The first-order valence-electron chi connectivity index (χ1n) is 18.9. The summed E-state index contributed by atoms with van der Waals surface area (Å²) in [5, 5.41) is 6.38. The van der Waals surface area contributed by atoms with E-state index in [2.05, 4.69) is 97.6 Å². The lowest BCUT2D eigenvalue weighted by atomic mass is 9.49. The Labute approximate surface area is 306 Å². The van der Waals surface area contributed by atoms with Crippen molar-refractivity contribution in [2.45, 2.75) is 70.1 Å². The van der Waals surface area contributed by atoms with Crippen molar-refractivity contribution >= 4 is 38.4 Å². The predicted molar refractivity (Wildman–Crippen MR) is 197 cm³/mol. The van der Waals surface area contributed by atoms with E-state index >= 15 is 0 Å². The number of quaternary nitrogens is 1. The first kappa shape index (κ1) is 32.4. The average Bonchev–Trinajstić information content (AvgIpc) is 3.13. The van der Waals surface area contributed by atoms with Gasteiger partial charge in [0.25, 0.3) is 0 Å². The molecule has 5 aromatic rings. The van der Waals surface area contributed by atoms with Crippen LogP contribution < -0.4 is 17.0 Å². The zero-order chi connectivity index (χ0) is 32.7. The van der Waals surface area contributed by atoms with E-state index in [1.807, 2.05) is 6.20 Å². The maximum absolute atomic E-state index is 14.9. The van der Waals surface area contributed by atoms with Crippen LogP contribution in [-0.2, 0) is 16.1 Å². The fourth-order valence-corrected chi connectivity index (χ4v) is 12.3. The number of hydrogen-bond acceptors (Lipinski definition) is 3. The van der Waals surface area contributed by atoms with E-state index in [1.165, 1.54) is 52.8 Å². The van der Waals surface area contributed by atoms with Gasteiger partial charge in [0, 0.05) is 41.5 Å². The molecule has 7 fully saturated rings. The summed E-state index contributed by atoms with van der Waals surface area (Å²) in [4.78, 5) is 19.7. The van der Waals surface area contributed by atoms with Gasteiger partial charge < -0.3 is 26.2 Å². The Morgan fingerprint density at radius 1 is 0.860 bits per heavy atom. The third kappa shape index (κ3) is 5.09. The average molecular weight is 728 g/mol. The minimum absolute atomic E-state index is 0. The number of halogens is 1. The van der Waals surface area contributed by atoms with Crippen LogP contribution in [0.1, 0.15) is 68.6 Å². The van der Waals surface area contributed by atoms with Gasteiger partial charge in [0.2, 0.25) is 0 Å². The number of hydrogen-bond donors (Lipinski definition) is 0. The Hall–Kier alpha value is -3.54. The Kier molecular flexibility index (Phi) is 7.97. The topological polar surface area (TPSA) is 39.2 Å². The molecule has 4 heterocycles. The van der Waals surface area contributed by atoms with Crippen LogP contribution in [0.3, 0.4) is 0 Å². The number of piperidine rings is 3. The Morgan fingerprint density at radius 3 is 2.14 bits per heavy atom. The molecule has 6 bridgehead atoms. The molecular weight excluding hydrogens is 680 g/mol. The van der Waals surface area contributed by atoms with Crippen molar-refractivity contribution in [1.82, 2.24) is 4.98 Å². The molecule has 4 aromatic carbocycles. The maximum atomic E-state index is 14.9. The van der Waals surface area contributed by atoms with E-state index < -0.39 is 0 Å². The summed E-state index contributed by atoms with van der Waals surface area (Å²) in [5.41, 5.74) is 3.23.